The zero-order valence-electron chi connectivity index (χ0n) is 11.4. The molecule has 0 aliphatic carbocycles. The summed E-state index contributed by atoms with van der Waals surface area (Å²) in [6.07, 6.45) is -3.87. The minimum atomic E-state index is -4.95. The summed E-state index contributed by atoms with van der Waals surface area (Å²) in [6, 6.07) is 6.05. The van der Waals surface area contributed by atoms with Gasteiger partial charge in [-0.15, -0.1) is 0 Å². The highest BCUT2D eigenvalue weighted by molar-refractivity contribution is 5.97. The lowest BCUT2D eigenvalue weighted by Gasteiger charge is -2.37. The Morgan fingerprint density at radius 3 is 2.57 bits per heavy atom. The molecule has 21 heavy (non-hydrogen) atoms. The van der Waals surface area contributed by atoms with Crippen molar-refractivity contribution >= 4 is 12.0 Å². The summed E-state index contributed by atoms with van der Waals surface area (Å²) in [4.78, 5) is 11.9. The molecule has 0 saturated heterocycles. The largest absolute Gasteiger partial charge is 0.462 e. The van der Waals surface area contributed by atoms with Crippen LogP contribution in [0.1, 0.15) is 12.5 Å². The lowest BCUT2D eigenvalue weighted by atomic mass is 9.98. The first-order valence-corrected chi connectivity index (χ1v) is 6.15. The number of rotatable bonds is 3. The summed E-state index contributed by atoms with van der Waals surface area (Å²) < 4.78 is 54.6. The smallest absolute Gasteiger partial charge is 0.460 e. The van der Waals surface area contributed by atoms with E-state index in [1.54, 1.807) is 6.07 Å². The highest BCUT2D eigenvalue weighted by Gasteiger charge is 2.64. The van der Waals surface area contributed by atoms with Gasteiger partial charge in [0.2, 0.25) is 0 Å². The van der Waals surface area contributed by atoms with Gasteiger partial charge in [-0.2, -0.15) is 13.2 Å². The van der Waals surface area contributed by atoms with Gasteiger partial charge in [0.1, 0.15) is 11.3 Å². The molecule has 4 nitrogen and oxygen atoms in total. The number of para-hydroxylation sites is 1. The predicted octanol–water partition coefficient (Wildman–Crippen LogP) is 2.93. The van der Waals surface area contributed by atoms with E-state index < -0.39 is 23.5 Å². The fraction of sp³-hybridized carbons (Fsp3) is 0.357. The van der Waals surface area contributed by atoms with E-state index in [0.29, 0.717) is 5.56 Å². The number of benzene rings is 1. The van der Waals surface area contributed by atoms with Crippen molar-refractivity contribution in [3.05, 3.63) is 35.4 Å². The van der Waals surface area contributed by atoms with E-state index in [0.717, 1.165) is 13.2 Å². The molecule has 0 saturated carbocycles. The second-order valence-corrected chi connectivity index (χ2v) is 4.24. The van der Waals surface area contributed by atoms with Crippen molar-refractivity contribution in [2.24, 2.45) is 0 Å². The maximum absolute atomic E-state index is 13.4. The normalized spacial score (nSPS) is 21.1. The number of halogens is 3. The molecule has 2 rings (SSSR count). The summed E-state index contributed by atoms with van der Waals surface area (Å²) in [6.45, 7) is 1.44. The number of fused-ring (bicyclic) bond motifs is 1. The Kier molecular flexibility index (Phi) is 3.95. The molecule has 114 valence electrons. The molecule has 1 aromatic rings. The van der Waals surface area contributed by atoms with E-state index in [9.17, 15) is 18.0 Å². The topological polar surface area (TPSA) is 44.8 Å². The third-order valence-electron chi connectivity index (χ3n) is 2.98. The molecule has 1 aliphatic rings. The van der Waals surface area contributed by atoms with Crippen LogP contribution in [0.4, 0.5) is 13.2 Å². The van der Waals surface area contributed by atoms with Crippen LogP contribution in [0, 0.1) is 0 Å². The lowest BCUT2D eigenvalue weighted by molar-refractivity contribution is -0.326. The number of alkyl halides is 3. The summed E-state index contributed by atoms with van der Waals surface area (Å²) in [5.41, 5.74) is -0.393. The van der Waals surface area contributed by atoms with Gasteiger partial charge in [0.05, 0.1) is 6.61 Å². The minimum absolute atomic E-state index is 0.0234. The monoisotopic (exact) mass is 302 g/mol. The zero-order chi connectivity index (χ0) is 15.7. The van der Waals surface area contributed by atoms with Gasteiger partial charge in [0.25, 0.3) is 0 Å². The third-order valence-corrected chi connectivity index (χ3v) is 2.98. The summed E-state index contributed by atoms with van der Waals surface area (Å²) in [7, 11) is 0.828. The first kappa shape index (κ1) is 15.4. The molecule has 1 aromatic carbocycles. The average molecular weight is 302 g/mol. The van der Waals surface area contributed by atoms with Gasteiger partial charge in [0, 0.05) is 12.7 Å². The maximum atomic E-state index is 13.4. The molecule has 0 bridgehead atoms. The fourth-order valence-corrected chi connectivity index (χ4v) is 2.03. The van der Waals surface area contributed by atoms with Crippen molar-refractivity contribution < 1.29 is 32.2 Å². The van der Waals surface area contributed by atoms with Gasteiger partial charge in [-0.25, -0.2) is 4.79 Å². The second kappa shape index (κ2) is 5.40. The van der Waals surface area contributed by atoms with Crippen molar-refractivity contribution in [1.82, 2.24) is 0 Å². The Balaban J connectivity index is 2.62. The molecule has 0 radical (unpaired) electrons. The molecule has 0 N–H and O–H groups in total. The van der Waals surface area contributed by atoms with Crippen LogP contribution in [0.15, 0.2) is 29.8 Å². The van der Waals surface area contributed by atoms with E-state index in [-0.39, 0.29) is 12.4 Å². The minimum Gasteiger partial charge on any atom is -0.462 e. The van der Waals surface area contributed by atoms with Gasteiger partial charge >= 0.3 is 17.9 Å². The summed E-state index contributed by atoms with van der Waals surface area (Å²) in [5, 5.41) is 0. The molecule has 1 heterocycles. The first-order valence-electron chi connectivity index (χ1n) is 6.15. The number of ether oxygens (including phenoxy) is 3. The highest BCUT2D eigenvalue weighted by Crippen LogP contribution is 2.45. The SMILES string of the molecule is CCOC(=O)C1=Cc2ccccc2OC1(OC)C(F)(F)F. The standard InChI is InChI=1S/C14H13F3O4/c1-3-20-12(18)10-8-9-6-4-5-7-11(9)21-13(10,19-2)14(15,16)17/h4-8H,3H2,1-2H3. The Labute approximate surface area is 119 Å². The average Bonchev–Trinajstić information content (AvgIpc) is 2.44. The second-order valence-electron chi connectivity index (χ2n) is 4.24. The van der Waals surface area contributed by atoms with E-state index in [1.807, 2.05) is 0 Å². The summed E-state index contributed by atoms with van der Waals surface area (Å²) >= 11 is 0. The maximum Gasteiger partial charge on any atom is 0.460 e. The highest BCUT2D eigenvalue weighted by atomic mass is 19.4. The van der Waals surface area contributed by atoms with Crippen molar-refractivity contribution in [1.29, 1.82) is 0 Å². The molecular weight excluding hydrogens is 289 g/mol. The van der Waals surface area contributed by atoms with E-state index >= 15 is 0 Å². The predicted molar refractivity (Wildman–Crippen MR) is 67.5 cm³/mol. The molecule has 1 unspecified atom stereocenters. The van der Waals surface area contributed by atoms with Gasteiger partial charge in [-0.3, -0.25) is 0 Å². The molecule has 1 aliphatic heterocycles. The molecule has 7 heteroatoms. The van der Waals surface area contributed by atoms with Crippen LogP contribution in [-0.4, -0.2) is 31.6 Å². The van der Waals surface area contributed by atoms with Crippen LogP contribution in [0.3, 0.4) is 0 Å². The summed E-state index contributed by atoms with van der Waals surface area (Å²) in [5.74, 6) is -4.33. The van der Waals surface area contributed by atoms with E-state index in [4.69, 9.17) is 4.74 Å². The molecule has 1 atom stereocenters. The van der Waals surface area contributed by atoms with Gasteiger partial charge in [-0.1, -0.05) is 18.2 Å². The quantitative estimate of drug-likeness (QED) is 0.805. The van der Waals surface area contributed by atoms with Crippen LogP contribution < -0.4 is 4.74 Å². The molecular formula is C14H13F3O4. The Morgan fingerprint density at radius 1 is 1.33 bits per heavy atom. The zero-order valence-corrected chi connectivity index (χ0v) is 11.4. The van der Waals surface area contributed by atoms with Crippen LogP contribution in [0.5, 0.6) is 5.75 Å². The van der Waals surface area contributed by atoms with E-state index in [2.05, 4.69) is 9.47 Å². The molecule has 0 aromatic heterocycles. The van der Waals surface area contributed by atoms with E-state index in [1.165, 1.54) is 25.1 Å². The van der Waals surface area contributed by atoms with Crippen LogP contribution in [0.2, 0.25) is 0 Å². The lowest BCUT2D eigenvalue weighted by Crippen LogP contribution is -2.56. The first-order chi connectivity index (χ1) is 9.85. The van der Waals surface area contributed by atoms with Crippen LogP contribution >= 0.6 is 0 Å². The Bertz CT molecular complexity index is 580. The number of hydrogen-bond donors (Lipinski definition) is 0. The Morgan fingerprint density at radius 2 is 2.00 bits per heavy atom. The van der Waals surface area contributed by atoms with Gasteiger partial charge < -0.3 is 14.2 Å². The van der Waals surface area contributed by atoms with Crippen molar-refractivity contribution in [3.63, 3.8) is 0 Å². The van der Waals surface area contributed by atoms with Crippen molar-refractivity contribution in [2.45, 2.75) is 18.9 Å². The fourth-order valence-electron chi connectivity index (χ4n) is 2.03. The van der Waals surface area contributed by atoms with Crippen molar-refractivity contribution in [2.75, 3.05) is 13.7 Å². The van der Waals surface area contributed by atoms with Gasteiger partial charge in [0.15, 0.2) is 0 Å². The van der Waals surface area contributed by atoms with Gasteiger partial charge in [-0.05, 0) is 19.1 Å². The molecule has 0 spiro atoms. The number of carbonyl (C=O) groups excluding carboxylic acids is 1. The van der Waals surface area contributed by atoms with Crippen LogP contribution in [0.25, 0.3) is 6.08 Å². The number of carbonyl (C=O) groups is 1. The van der Waals surface area contributed by atoms with Crippen molar-refractivity contribution in [3.8, 4) is 5.75 Å². The van der Waals surface area contributed by atoms with Crippen LogP contribution in [-0.2, 0) is 14.3 Å². The molecule has 0 fully saturated rings. The number of esters is 1. The molecule has 0 amide bonds. The third kappa shape index (κ3) is 2.49. The Hall–Kier alpha value is -2.02. The number of methoxy groups -OCH3 is 1. The number of hydrogen-bond acceptors (Lipinski definition) is 4.